The van der Waals surface area contributed by atoms with E-state index in [0.717, 1.165) is 5.52 Å². The van der Waals surface area contributed by atoms with Crippen molar-refractivity contribution in [3.8, 4) is 0 Å². The lowest BCUT2D eigenvalue weighted by Gasteiger charge is -2.41. The van der Waals surface area contributed by atoms with Gasteiger partial charge in [-0.25, -0.2) is 14.8 Å². The highest BCUT2D eigenvalue weighted by molar-refractivity contribution is 7.98. The summed E-state index contributed by atoms with van der Waals surface area (Å²) in [6.45, 7) is 1.79. The van der Waals surface area contributed by atoms with Gasteiger partial charge < -0.3 is 5.11 Å². The van der Waals surface area contributed by atoms with Gasteiger partial charge in [-0.2, -0.15) is 0 Å². The van der Waals surface area contributed by atoms with Crippen molar-refractivity contribution in [2.45, 2.75) is 36.6 Å². The fourth-order valence-corrected chi connectivity index (χ4v) is 3.02. The van der Waals surface area contributed by atoms with Gasteiger partial charge in [0.2, 0.25) is 0 Å². The van der Waals surface area contributed by atoms with E-state index in [2.05, 4.69) is 9.97 Å². The van der Waals surface area contributed by atoms with Crippen LogP contribution in [0.5, 0.6) is 0 Å². The summed E-state index contributed by atoms with van der Waals surface area (Å²) in [6.07, 6.45) is 4.76. The molecule has 0 spiro atoms. The van der Waals surface area contributed by atoms with Gasteiger partial charge in [0.1, 0.15) is 5.52 Å². The Kier molecular flexibility index (Phi) is 2.72. The second-order valence-corrected chi connectivity index (χ2v) is 6.11. The molecule has 0 bridgehead atoms. The van der Waals surface area contributed by atoms with Crippen LogP contribution in [-0.4, -0.2) is 36.1 Å². The predicted octanol–water partition coefficient (Wildman–Crippen LogP) is 0.938. The first kappa shape index (κ1) is 12.7. The van der Waals surface area contributed by atoms with Crippen LogP contribution in [-0.2, 0) is 7.05 Å². The lowest BCUT2D eigenvalue weighted by atomic mass is 9.77. The normalized spacial score (nSPS) is 26.6. The molecule has 1 aliphatic carbocycles. The molecule has 0 aromatic carbocycles. The fraction of sp³-hybridized carbons (Fsp3) is 0.583. The van der Waals surface area contributed by atoms with E-state index in [1.807, 2.05) is 6.26 Å². The van der Waals surface area contributed by atoms with Crippen LogP contribution >= 0.6 is 11.8 Å². The van der Waals surface area contributed by atoms with Crippen LogP contribution in [0.1, 0.15) is 25.8 Å². The van der Waals surface area contributed by atoms with Crippen molar-refractivity contribution in [2.75, 3.05) is 6.26 Å². The van der Waals surface area contributed by atoms with Crippen LogP contribution in [0.2, 0.25) is 0 Å². The summed E-state index contributed by atoms with van der Waals surface area (Å²) in [5, 5.41) is 10.5. The molecule has 2 aromatic heterocycles. The first-order valence-corrected chi connectivity index (χ1v) is 7.36. The Bertz CT molecular complexity index is 696. The molecule has 0 atom stereocenters. The minimum absolute atomic E-state index is 0.0239. The molecule has 1 saturated carbocycles. The van der Waals surface area contributed by atoms with Gasteiger partial charge in [0.05, 0.1) is 11.8 Å². The smallest absolute Gasteiger partial charge is 0.330 e. The third-order valence-electron chi connectivity index (χ3n) is 3.71. The van der Waals surface area contributed by atoms with Crippen molar-refractivity contribution in [2.24, 2.45) is 7.05 Å². The number of fused-ring (bicyclic) bond motifs is 1. The van der Waals surface area contributed by atoms with Crippen LogP contribution < -0.4 is 5.69 Å². The quantitative estimate of drug-likeness (QED) is 0.654. The van der Waals surface area contributed by atoms with Crippen molar-refractivity contribution >= 4 is 22.9 Å². The van der Waals surface area contributed by atoms with Gasteiger partial charge in [-0.1, -0.05) is 11.8 Å². The van der Waals surface area contributed by atoms with Crippen molar-refractivity contribution < 1.29 is 5.11 Å². The topological polar surface area (TPSA) is 72.9 Å². The number of hydrogen-bond acceptors (Lipinski definition) is 5. The van der Waals surface area contributed by atoms with E-state index in [1.54, 1.807) is 29.3 Å². The number of thioether (sulfide) groups is 1. The summed E-state index contributed by atoms with van der Waals surface area (Å²) in [5.74, 6) is 0. The van der Waals surface area contributed by atoms with E-state index < -0.39 is 5.60 Å². The van der Waals surface area contributed by atoms with Gasteiger partial charge in [-0.3, -0.25) is 9.13 Å². The van der Waals surface area contributed by atoms with Crippen LogP contribution in [0.15, 0.2) is 16.1 Å². The largest absolute Gasteiger partial charge is 0.390 e. The average Bonchev–Trinajstić information content (AvgIpc) is 2.58. The van der Waals surface area contributed by atoms with E-state index in [4.69, 9.17) is 0 Å². The number of hydrogen-bond donors (Lipinski definition) is 1. The molecule has 102 valence electrons. The molecule has 2 heterocycles. The summed E-state index contributed by atoms with van der Waals surface area (Å²) in [7, 11) is 1.72. The molecular weight excluding hydrogens is 264 g/mol. The molecule has 0 aliphatic heterocycles. The zero-order chi connectivity index (χ0) is 13.8. The fourth-order valence-electron chi connectivity index (χ4n) is 2.69. The molecule has 0 saturated heterocycles. The lowest BCUT2D eigenvalue weighted by molar-refractivity contribution is -0.0509. The molecule has 1 fully saturated rings. The number of nitrogens with zero attached hydrogens (tertiary/aromatic N) is 4. The van der Waals surface area contributed by atoms with Gasteiger partial charge in [-0.05, 0) is 26.0 Å². The minimum atomic E-state index is -0.665. The van der Waals surface area contributed by atoms with E-state index in [0.29, 0.717) is 23.6 Å². The molecule has 0 unspecified atom stereocenters. The van der Waals surface area contributed by atoms with Gasteiger partial charge in [0.15, 0.2) is 10.8 Å². The van der Waals surface area contributed by atoms with Crippen LogP contribution in [0.25, 0.3) is 11.2 Å². The van der Waals surface area contributed by atoms with Crippen molar-refractivity contribution in [3.63, 3.8) is 0 Å². The second-order valence-electron chi connectivity index (χ2n) is 5.34. The Hall–Kier alpha value is -1.34. The maximum Gasteiger partial charge on any atom is 0.330 e. The molecule has 1 aliphatic rings. The first-order chi connectivity index (χ1) is 8.93. The van der Waals surface area contributed by atoms with Crippen molar-refractivity contribution in [1.82, 2.24) is 19.1 Å². The Morgan fingerprint density at radius 3 is 2.79 bits per heavy atom. The zero-order valence-corrected chi connectivity index (χ0v) is 11.9. The number of aromatic nitrogens is 4. The summed E-state index contributed by atoms with van der Waals surface area (Å²) in [5.41, 5.74) is 0.631. The molecule has 19 heavy (non-hydrogen) atoms. The zero-order valence-electron chi connectivity index (χ0n) is 11.1. The highest BCUT2D eigenvalue weighted by atomic mass is 32.2. The Morgan fingerprint density at radius 2 is 2.21 bits per heavy atom. The maximum absolute atomic E-state index is 12.3. The highest BCUT2D eigenvalue weighted by Crippen LogP contribution is 2.41. The Morgan fingerprint density at radius 1 is 1.53 bits per heavy atom. The van der Waals surface area contributed by atoms with E-state index in [-0.39, 0.29) is 11.7 Å². The second kappa shape index (κ2) is 4.08. The standard InChI is InChI=1S/C12H16N4O2S/c1-12(18)4-7(5-12)16-9-8(15(2)11(16)17)6-13-10(14-9)19-3/h6-7,18H,4-5H2,1-3H3. The van der Waals surface area contributed by atoms with Crippen molar-refractivity contribution in [3.05, 3.63) is 16.7 Å². The Labute approximate surface area is 114 Å². The summed E-state index contributed by atoms with van der Waals surface area (Å²) < 4.78 is 3.25. The molecule has 3 rings (SSSR count). The van der Waals surface area contributed by atoms with Crippen LogP contribution in [0.4, 0.5) is 0 Å². The number of imidazole rings is 1. The molecule has 1 N–H and O–H groups in total. The Balaban J connectivity index is 2.18. The maximum atomic E-state index is 12.3. The number of rotatable bonds is 2. The van der Waals surface area contributed by atoms with E-state index in [9.17, 15) is 9.90 Å². The highest BCUT2D eigenvalue weighted by Gasteiger charge is 2.41. The van der Waals surface area contributed by atoms with Gasteiger partial charge in [0, 0.05) is 13.1 Å². The summed E-state index contributed by atoms with van der Waals surface area (Å²) in [4.78, 5) is 20.9. The SMILES string of the molecule is CSc1ncc2c(n1)n(C1CC(C)(O)C1)c(=O)n2C. The number of aryl methyl sites for hydroxylation is 1. The van der Waals surface area contributed by atoms with E-state index >= 15 is 0 Å². The van der Waals surface area contributed by atoms with Crippen LogP contribution in [0, 0.1) is 0 Å². The molecule has 7 heteroatoms. The summed E-state index contributed by atoms with van der Waals surface area (Å²) in [6, 6.07) is 0.0239. The van der Waals surface area contributed by atoms with Crippen molar-refractivity contribution in [1.29, 1.82) is 0 Å². The van der Waals surface area contributed by atoms with E-state index in [1.165, 1.54) is 11.8 Å². The predicted molar refractivity (Wildman–Crippen MR) is 73.4 cm³/mol. The minimum Gasteiger partial charge on any atom is -0.390 e. The molecule has 0 amide bonds. The molecule has 2 aromatic rings. The third-order valence-corrected chi connectivity index (χ3v) is 4.27. The lowest BCUT2D eigenvalue weighted by Crippen LogP contribution is -2.45. The van der Waals surface area contributed by atoms with Crippen LogP contribution in [0.3, 0.4) is 0 Å². The molecule has 0 radical (unpaired) electrons. The molecular formula is C12H16N4O2S. The number of aliphatic hydroxyl groups is 1. The monoisotopic (exact) mass is 280 g/mol. The average molecular weight is 280 g/mol. The third kappa shape index (κ3) is 1.88. The summed E-state index contributed by atoms with van der Waals surface area (Å²) >= 11 is 1.45. The van der Waals surface area contributed by atoms with Gasteiger partial charge in [0.25, 0.3) is 0 Å². The van der Waals surface area contributed by atoms with Gasteiger partial charge in [-0.15, -0.1) is 0 Å². The van der Waals surface area contributed by atoms with Gasteiger partial charge >= 0.3 is 5.69 Å². The first-order valence-electron chi connectivity index (χ1n) is 6.13. The molecule has 6 nitrogen and oxygen atoms in total.